The van der Waals surface area contributed by atoms with Crippen molar-refractivity contribution in [1.82, 2.24) is 14.1 Å². The first kappa shape index (κ1) is 34.1. The lowest BCUT2D eigenvalue weighted by Crippen LogP contribution is -1.96. The summed E-state index contributed by atoms with van der Waals surface area (Å²) in [6.45, 7) is 0. The third-order valence-electron chi connectivity index (χ3n) is 12.2. The van der Waals surface area contributed by atoms with E-state index < -0.39 is 0 Å². The second kappa shape index (κ2) is 13.8. The molecule has 3 heteroatoms. The molecule has 0 atom stereocenters. The fourth-order valence-corrected chi connectivity index (χ4v) is 9.42. The number of fused-ring (bicyclic) bond motifs is 7. The van der Waals surface area contributed by atoms with Crippen LogP contribution in [0.3, 0.4) is 0 Å². The van der Waals surface area contributed by atoms with Crippen molar-refractivity contribution in [3.63, 3.8) is 0 Å². The number of nitrogens with zero attached hydrogens (tertiary/aromatic N) is 3. The van der Waals surface area contributed by atoms with Crippen molar-refractivity contribution in [2.75, 3.05) is 0 Å². The van der Waals surface area contributed by atoms with Gasteiger partial charge in [-0.15, -0.1) is 0 Å². The molecule has 0 aliphatic rings. The Morgan fingerprint density at radius 1 is 0.267 bits per heavy atom. The maximum atomic E-state index is 4.94. The topological polar surface area (TPSA) is 22.8 Å². The maximum absolute atomic E-state index is 4.94. The molecule has 0 saturated heterocycles. The van der Waals surface area contributed by atoms with Crippen molar-refractivity contribution in [3.8, 4) is 56.0 Å². The molecule has 3 heterocycles. The van der Waals surface area contributed by atoms with Crippen LogP contribution in [0.4, 0.5) is 0 Å². The highest BCUT2D eigenvalue weighted by Crippen LogP contribution is 2.40. The molecule has 12 rings (SSSR count). The van der Waals surface area contributed by atoms with Gasteiger partial charge in [-0.05, 0) is 105 Å². The van der Waals surface area contributed by atoms with E-state index in [1.165, 1.54) is 82.2 Å². The predicted octanol–water partition coefficient (Wildman–Crippen LogP) is 15.1. The van der Waals surface area contributed by atoms with Crippen LogP contribution in [-0.2, 0) is 0 Å². The second-order valence-electron chi connectivity index (χ2n) is 15.6. The van der Waals surface area contributed by atoms with Gasteiger partial charge in [-0.1, -0.05) is 158 Å². The second-order valence-corrected chi connectivity index (χ2v) is 15.6. The highest BCUT2D eigenvalue weighted by Gasteiger charge is 2.17. The molecule has 0 aliphatic heterocycles. The normalized spacial score (nSPS) is 11.7. The van der Waals surface area contributed by atoms with E-state index in [0.29, 0.717) is 0 Å². The first-order valence-corrected chi connectivity index (χ1v) is 20.5. The van der Waals surface area contributed by atoms with E-state index >= 15 is 0 Å². The van der Waals surface area contributed by atoms with E-state index in [2.05, 4.69) is 228 Å². The third kappa shape index (κ3) is 5.48. The molecule has 0 radical (unpaired) electrons. The Morgan fingerprint density at radius 3 is 1.55 bits per heavy atom. The highest BCUT2D eigenvalue weighted by atomic mass is 15.0. The number of benzene rings is 9. The molecular formula is C57H37N3. The Balaban J connectivity index is 0.956. The maximum Gasteiger partial charge on any atom is 0.0723 e. The third-order valence-corrected chi connectivity index (χ3v) is 12.2. The number of aromatic nitrogens is 3. The summed E-state index contributed by atoms with van der Waals surface area (Å²) in [4.78, 5) is 4.94. The van der Waals surface area contributed by atoms with Crippen LogP contribution in [-0.4, -0.2) is 14.1 Å². The first-order valence-electron chi connectivity index (χ1n) is 20.5. The fourth-order valence-electron chi connectivity index (χ4n) is 9.42. The highest BCUT2D eigenvalue weighted by molar-refractivity contribution is 6.12. The van der Waals surface area contributed by atoms with Gasteiger partial charge in [-0.25, -0.2) is 0 Å². The summed E-state index contributed by atoms with van der Waals surface area (Å²) in [7, 11) is 0. The summed E-state index contributed by atoms with van der Waals surface area (Å²) < 4.78 is 4.77. The fraction of sp³-hybridized carbons (Fsp3) is 0. The molecule has 12 aromatic rings. The molecule has 280 valence electrons. The molecule has 0 N–H and O–H groups in total. The Bertz CT molecular complexity index is 3590. The number of pyridine rings is 1. The molecule has 0 unspecified atom stereocenters. The lowest BCUT2D eigenvalue weighted by atomic mass is 9.91. The Labute approximate surface area is 347 Å². The lowest BCUT2D eigenvalue weighted by molar-refractivity contribution is 1.16. The summed E-state index contributed by atoms with van der Waals surface area (Å²) >= 11 is 0. The van der Waals surface area contributed by atoms with Gasteiger partial charge in [-0.2, -0.15) is 0 Å². The SMILES string of the molecule is c1ccc(-c2ccc(-c3cccc(-c4cc(-n5c6ccccc6c6cc(-c7ccc8c9ccccc9n(-c9ccccc9)c8c7)ccc65)ccn4)c3)c3ccccc23)cc1. The van der Waals surface area contributed by atoms with Crippen LogP contribution in [0.25, 0.3) is 110 Å². The summed E-state index contributed by atoms with van der Waals surface area (Å²) in [5.74, 6) is 0. The zero-order chi connectivity index (χ0) is 39.6. The van der Waals surface area contributed by atoms with Crippen LogP contribution < -0.4 is 0 Å². The average Bonchev–Trinajstić information content (AvgIpc) is 3.84. The Hall–Kier alpha value is -8.01. The largest absolute Gasteiger partial charge is 0.309 e. The first-order chi connectivity index (χ1) is 29.8. The molecule has 0 fully saturated rings. The van der Waals surface area contributed by atoms with Crippen molar-refractivity contribution < 1.29 is 0 Å². The zero-order valence-electron chi connectivity index (χ0n) is 32.7. The van der Waals surface area contributed by atoms with Crippen LogP contribution in [0.5, 0.6) is 0 Å². The van der Waals surface area contributed by atoms with Gasteiger partial charge in [-0.3, -0.25) is 4.98 Å². The van der Waals surface area contributed by atoms with Gasteiger partial charge in [0.2, 0.25) is 0 Å². The van der Waals surface area contributed by atoms with Crippen molar-refractivity contribution in [2.24, 2.45) is 0 Å². The summed E-state index contributed by atoms with van der Waals surface area (Å²) in [6.07, 6.45) is 1.94. The summed E-state index contributed by atoms with van der Waals surface area (Å²) in [5.41, 5.74) is 16.2. The van der Waals surface area contributed by atoms with Gasteiger partial charge < -0.3 is 9.13 Å². The van der Waals surface area contributed by atoms with Crippen LogP contribution in [0.2, 0.25) is 0 Å². The Morgan fingerprint density at radius 2 is 0.800 bits per heavy atom. The minimum absolute atomic E-state index is 0.934. The van der Waals surface area contributed by atoms with Gasteiger partial charge in [0.1, 0.15) is 0 Å². The van der Waals surface area contributed by atoms with Gasteiger partial charge in [0.15, 0.2) is 0 Å². The number of para-hydroxylation sites is 3. The minimum Gasteiger partial charge on any atom is -0.309 e. The van der Waals surface area contributed by atoms with Gasteiger partial charge in [0.25, 0.3) is 0 Å². The predicted molar refractivity (Wildman–Crippen MR) is 252 cm³/mol. The van der Waals surface area contributed by atoms with Gasteiger partial charge in [0.05, 0.1) is 27.8 Å². The van der Waals surface area contributed by atoms with Gasteiger partial charge in [0, 0.05) is 44.7 Å². The molecule has 0 spiro atoms. The van der Waals surface area contributed by atoms with E-state index in [-0.39, 0.29) is 0 Å². The monoisotopic (exact) mass is 763 g/mol. The number of hydrogen-bond acceptors (Lipinski definition) is 1. The number of hydrogen-bond donors (Lipinski definition) is 0. The molecule has 0 amide bonds. The molecule has 60 heavy (non-hydrogen) atoms. The molecule has 3 nitrogen and oxygen atoms in total. The van der Waals surface area contributed by atoms with E-state index in [1.807, 2.05) is 6.20 Å². The van der Waals surface area contributed by atoms with Crippen molar-refractivity contribution >= 4 is 54.4 Å². The van der Waals surface area contributed by atoms with Crippen molar-refractivity contribution in [1.29, 1.82) is 0 Å². The standard InChI is InChI=1S/C57H37N3/c1-3-14-38(15-4-1)45-29-30-46(48-21-8-7-20-47(45)48)41-16-13-17-42(34-41)53-37-44(32-33-58-53)60-55-25-12-10-23-50(55)52-35-39(27-31-56(52)60)40-26-28-51-49-22-9-11-24-54(49)59(57(51)36-40)43-18-5-2-6-19-43/h1-37H. The molecular weight excluding hydrogens is 727 g/mol. The van der Waals surface area contributed by atoms with E-state index in [9.17, 15) is 0 Å². The molecule has 3 aromatic heterocycles. The average molecular weight is 764 g/mol. The van der Waals surface area contributed by atoms with Crippen LogP contribution in [0, 0.1) is 0 Å². The quantitative estimate of drug-likeness (QED) is 0.165. The molecule has 0 saturated carbocycles. The van der Waals surface area contributed by atoms with Crippen LogP contribution in [0.1, 0.15) is 0 Å². The van der Waals surface area contributed by atoms with Crippen molar-refractivity contribution in [3.05, 3.63) is 225 Å². The zero-order valence-corrected chi connectivity index (χ0v) is 32.7. The van der Waals surface area contributed by atoms with E-state index in [1.54, 1.807) is 0 Å². The minimum atomic E-state index is 0.934. The van der Waals surface area contributed by atoms with Crippen LogP contribution >= 0.6 is 0 Å². The number of rotatable bonds is 6. The van der Waals surface area contributed by atoms with E-state index in [4.69, 9.17) is 4.98 Å². The smallest absolute Gasteiger partial charge is 0.0723 e. The molecule has 0 aliphatic carbocycles. The molecule has 0 bridgehead atoms. The Kier molecular flexibility index (Phi) is 7.85. The van der Waals surface area contributed by atoms with Gasteiger partial charge >= 0.3 is 0 Å². The van der Waals surface area contributed by atoms with E-state index in [0.717, 1.165) is 28.1 Å². The van der Waals surface area contributed by atoms with Crippen LogP contribution in [0.15, 0.2) is 225 Å². The molecule has 9 aromatic carbocycles. The lowest BCUT2D eigenvalue weighted by Gasteiger charge is -2.13. The summed E-state index contributed by atoms with van der Waals surface area (Å²) in [5, 5.41) is 7.44. The summed E-state index contributed by atoms with van der Waals surface area (Å²) in [6, 6.07) is 79.0. The van der Waals surface area contributed by atoms with Crippen molar-refractivity contribution in [2.45, 2.75) is 0 Å².